The molecule has 10 heteroatoms. The summed E-state index contributed by atoms with van der Waals surface area (Å²) < 4.78 is 12.9. The maximum absolute atomic E-state index is 12.6. The fourth-order valence-corrected chi connectivity index (χ4v) is 3.79. The first-order valence-electron chi connectivity index (χ1n) is 11.4. The van der Waals surface area contributed by atoms with Crippen molar-refractivity contribution in [1.82, 2.24) is 30.2 Å². The summed E-state index contributed by atoms with van der Waals surface area (Å²) in [5.41, 5.74) is 0.874. The maximum Gasteiger partial charge on any atom is 0.237 e. The summed E-state index contributed by atoms with van der Waals surface area (Å²) in [6.07, 6.45) is 6.97. The van der Waals surface area contributed by atoms with E-state index in [2.05, 4.69) is 25.5 Å². The SMILES string of the molecule is CCOC(CCCNC(=O)CC1CNCCN1c1cc(C)nc(-n2ccnc2)n1)OCC. The van der Waals surface area contributed by atoms with Crippen LogP contribution in [0.2, 0.25) is 0 Å². The van der Waals surface area contributed by atoms with Crippen molar-refractivity contribution in [2.45, 2.75) is 52.4 Å². The maximum atomic E-state index is 12.6. The van der Waals surface area contributed by atoms with Crippen LogP contribution in [0.25, 0.3) is 5.95 Å². The Morgan fingerprint density at radius 3 is 2.84 bits per heavy atom. The third-order valence-electron chi connectivity index (χ3n) is 5.27. The van der Waals surface area contributed by atoms with E-state index < -0.39 is 0 Å². The van der Waals surface area contributed by atoms with Gasteiger partial charge >= 0.3 is 0 Å². The molecule has 2 N–H and O–H groups in total. The standard InChI is InChI=1S/C22H35N7O3/c1-4-31-21(32-5-2)7-6-8-25-20(30)14-18-15-23-10-12-29(18)19-13-17(3)26-22(27-19)28-11-9-24-16-28/h9,11,13,16,18,21,23H,4-8,10,12,14-15H2,1-3H3,(H,25,30). The van der Waals surface area contributed by atoms with Gasteiger partial charge in [0.25, 0.3) is 0 Å². The van der Waals surface area contributed by atoms with Crippen LogP contribution in [0.15, 0.2) is 24.8 Å². The number of aromatic nitrogens is 4. The quantitative estimate of drug-likeness (QED) is 0.373. The van der Waals surface area contributed by atoms with Crippen molar-refractivity contribution in [3.8, 4) is 5.95 Å². The molecule has 2 aromatic heterocycles. The summed E-state index contributed by atoms with van der Waals surface area (Å²) in [6.45, 7) is 10.1. The van der Waals surface area contributed by atoms with Crippen LogP contribution < -0.4 is 15.5 Å². The lowest BCUT2D eigenvalue weighted by molar-refractivity contribution is -0.140. The Kier molecular flexibility index (Phi) is 9.39. The minimum absolute atomic E-state index is 0.0216. The number of hydrogen-bond donors (Lipinski definition) is 2. The van der Waals surface area contributed by atoms with Crippen molar-refractivity contribution >= 4 is 11.7 Å². The molecule has 1 saturated heterocycles. The predicted octanol–water partition coefficient (Wildman–Crippen LogP) is 1.43. The molecule has 3 rings (SSSR count). The number of amides is 1. The van der Waals surface area contributed by atoms with Crippen molar-refractivity contribution < 1.29 is 14.3 Å². The first-order chi connectivity index (χ1) is 15.6. The zero-order chi connectivity index (χ0) is 22.8. The minimum Gasteiger partial charge on any atom is -0.356 e. The number of anilines is 1. The first kappa shape index (κ1) is 24.1. The zero-order valence-electron chi connectivity index (χ0n) is 19.3. The molecule has 0 spiro atoms. The molecule has 2 aromatic rings. The van der Waals surface area contributed by atoms with Gasteiger partial charge in [-0.1, -0.05) is 0 Å². The molecule has 1 aliphatic heterocycles. The van der Waals surface area contributed by atoms with Gasteiger partial charge in [-0.05, 0) is 27.2 Å². The number of hydrogen-bond acceptors (Lipinski definition) is 8. The Bertz CT molecular complexity index is 825. The van der Waals surface area contributed by atoms with E-state index in [1.54, 1.807) is 17.1 Å². The highest BCUT2D eigenvalue weighted by molar-refractivity contribution is 5.77. The van der Waals surface area contributed by atoms with Gasteiger partial charge < -0.3 is 25.0 Å². The molecule has 0 aliphatic carbocycles. The Balaban J connectivity index is 1.56. The molecule has 0 saturated carbocycles. The second-order valence-corrected chi connectivity index (χ2v) is 7.73. The molecule has 0 radical (unpaired) electrons. The number of carbonyl (C=O) groups is 1. The molecule has 10 nitrogen and oxygen atoms in total. The number of nitrogens with one attached hydrogen (secondary N) is 2. The third-order valence-corrected chi connectivity index (χ3v) is 5.27. The lowest BCUT2D eigenvalue weighted by Gasteiger charge is -2.37. The van der Waals surface area contributed by atoms with Gasteiger partial charge in [-0.25, -0.2) is 9.97 Å². The summed E-state index contributed by atoms with van der Waals surface area (Å²) in [7, 11) is 0. The zero-order valence-corrected chi connectivity index (χ0v) is 19.3. The van der Waals surface area contributed by atoms with Crippen LogP contribution in [0.5, 0.6) is 0 Å². The predicted molar refractivity (Wildman–Crippen MR) is 122 cm³/mol. The Morgan fingerprint density at radius 2 is 2.12 bits per heavy atom. The second kappa shape index (κ2) is 12.5. The van der Waals surface area contributed by atoms with E-state index in [1.165, 1.54) is 0 Å². The van der Waals surface area contributed by atoms with Gasteiger partial charge in [0.2, 0.25) is 11.9 Å². The molecule has 0 bridgehead atoms. The van der Waals surface area contributed by atoms with Crippen molar-refractivity contribution in [2.75, 3.05) is 44.3 Å². The van der Waals surface area contributed by atoms with E-state index in [0.717, 1.165) is 44.0 Å². The van der Waals surface area contributed by atoms with E-state index >= 15 is 0 Å². The Labute approximate surface area is 189 Å². The minimum atomic E-state index is -0.203. The third kappa shape index (κ3) is 6.98. The van der Waals surface area contributed by atoms with E-state index in [9.17, 15) is 4.79 Å². The van der Waals surface area contributed by atoms with Crippen LogP contribution >= 0.6 is 0 Å². The van der Waals surface area contributed by atoms with Gasteiger partial charge in [0.15, 0.2) is 6.29 Å². The highest BCUT2D eigenvalue weighted by atomic mass is 16.7. The monoisotopic (exact) mass is 445 g/mol. The number of ether oxygens (including phenoxy) is 2. The molecule has 1 amide bonds. The molecular formula is C22H35N7O3. The van der Waals surface area contributed by atoms with Gasteiger partial charge in [-0.2, -0.15) is 4.98 Å². The largest absolute Gasteiger partial charge is 0.356 e. The molecule has 3 heterocycles. The summed E-state index contributed by atoms with van der Waals surface area (Å²) in [4.78, 5) is 28.2. The Hall–Kier alpha value is -2.56. The number of nitrogens with zero attached hydrogens (tertiary/aromatic N) is 5. The normalized spacial score (nSPS) is 16.5. The fraction of sp³-hybridized carbons (Fsp3) is 0.636. The van der Waals surface area contributed by atoms with E-state index in [4.69, 9.17) is 14.5 Å². The summed E-state index contributed by atoms with van der Waals surface area (Å²) in [5.74, 6) is 1.45. The summed E-state index contributed by atoms with van der Waals surface area (Å²) in [5, 5.41) is 6.43. The van der Waals surface area contributed by atoms with Gasteiger partial charge in [0.05, 0.1) is 6.04 Å². The van der Waals surface area contributed by atoms with Gasteiger partial charge in [-0.3, -0.25) is 9.36 Å². The van der Waals surface area contributed by atoms with E-state index in [-0.39, 0.29) is 18.2 Å². The van der Waals surface area contributed by atoms with Gasteiger partial charge in [0.1, 0.15) is 12.1 Å². The number of piperazine rings is 1. The van der Waals surface area contributed by atoms with Gasteiger partial charge in [-0.15, -0.1) is 0 Å². The molecule has 1 fully saturated rings. The smallest absolute Gasteiger partial charge is 0.237 e. The average Bonchev–Trinajstić information content (AvgIpc) is 3.32. The fourth-order valence-electron chi connectivity index (χ4n) is 3.79. The highest BCUT2D eigenvalue weighted by Gasteiger charge is 2.26. The van der Waals surface area contributed by atoms with E-state index in [1.807, 2.05) is 33.0 Å². The van der Waals surface area contributed by atoms with Crippen molar-refractivity contribution in [3.63, 3.8) is 0 Å². The number of imidazole rings is 1. The molecular weight excluding hydrogens is 410 g/mol. The number of rotatable bonds is 12. The van der Waals surface area contributed by atoms with Gasteiger partial charge in [0, 0.05) is 76.4 Å². The van der Waals surface area contributed by atoms with Crippen molar-refractivity contribution in [1.29, 1.82) is 0 Å². The van der Waals surface area contributed by atoms with Crippen LogP contribution in [-0.4, -0.2) is 77.2 Å². The average molecular weight is 446 g/mol. The molecule has 0 aromatic carbocycles. The molecule has 1 unspecified atom stereocenters. The summed E-state index contributed by atoms with van der Waals surface area (Å²) >= 11 is 0. The van der Waals surface area contributed by atoms with E-state index in [0.29, 0.717) is 32.1 Å². The van der Waals surface area contributed by atoms with Crippen LogP contribution in [-0.2, 0) is 14.3 Å². The number of aryl methyl sites for hydroxylation is 1. The number of carbonyl (C=O) groups excluding carboxylic acids is 1. The van der Waals surface area contributed by atoms with Crippen LogP contribution in [0.1, 0.15) is 38.8 Å². The highest BCUT2D eigenvalue weighted by Crippen LogP contribution is 2.20. The lowest BCUT2D eigenvalue weighted by atomic mass is 10.1. The van der Waals surface area contributed by atoms with Crippen LogP contribution in [0.4, 0.5) is 5.82 Å². The van der Waals surface area contributed by atoms with Crippen LogP contribution in [0.3, 0.4) is 0 Å². The Morgan fingerprint density at radius 1 is 1.31 bits per heavy atom. The second-order valence-electron chi connectivity index (χ2n) is 7.73. The molecule has 32 heavy (non-hydrogen) atoms. The molecule has 1 aliphatic rings. The van der Waals surface area contributed by atoms with Crippen LogP contribution in [0, 0.1) is 6.92 Å². The van der Waals surface area contributed by atoms with Crippen molar-refractivity contribution in [2.24, 2.45) is 0 Å². The van der Waals surface area contributed by atoms with Crippen molar-refractivity contribution in [3.05, 3.63) is 30.5 Å². The molecule has 176 valence electrons. The first-order valence-corrected chi connectivity index (χ1v) is 11.4. The lowest BCUT2D eigenvalue weighted by Crippen LogP contribution is -2.53. The summed E-state index contributed by atoms with van der Waals surface area (Å²) in [6, 6.07) is 1.99. The molecule has 1 atom stereocenters. The topological polar surface area (TPSA) is 106 Å².